The van der Waals surface area contributed by atoms with Gasteiger partial charge in [-0.1, -0.05) is 11.8 Å². The Morgan fingerprint density at radius 3 is 2.61 bits per heavy atom. The van der Waals surface area contributed by atoms with Gasteiger partial charge < -0.3 is 14.5 Å². The lowest BCUT2D eigenvalue weighted by Gasteiger charge is -2.10. The van der Waals surface area contributed by atoms with Crippen molar-refractivity contribution in [3.05, 3.63) is 72.9 Å². The van der Waals surface area contributed by atoms with Crippen molar-refractivity contribution in [1.82, 2.24) is 19.7 Å². The van der Waals surface area contributed by atoms with E-state index in [0.29, 0.717) is 29.0 Å². The van der Waals surface area contributed by atoms with E-state index in [4.69, 9.17) is 4.42 Å². The molecule has 0 fully saturated rings. The predicted octanol–water partition coefficient (Wildman–Crippen LogP) is 4.61. The van der Waals surface area contributed by atoms with Gasteiger partial charge in [0.1, 0.15) is 11.5 Å². The number of amides is 1. The Bertz CT molecular complexity index is 1200. The molecule has 1 N–H and O–H groups in total. The van der Waals surface area contributed by atoms with Gasteiger partial charge >= 0.3 is 6.36 Å². The van der Waals surface area contributed by atoms with Crippen LogP contribution in [0.1, 0.15) is 5.76 Å². The Hall–Kier alpha value is -3.80. The van der Waals surface area contributed by atoms with Gasteiger partial charge in [0.15, 0.2) is 11.0 Å². The number of aromatic nitrogens is 4. The molecule has 0 aliphatic rings. The Labute approximate surface area is 189 Å². The Kier molecular flexibility index (Phi) is 6.63. The molecule has 0 spiro atoms. The van der Waals surface area contributed by atoms with E-state index in [1.165, 1.54) is 12.1 Å². The van der Waals surface area contributed by atoms with Crippen molar-refractivity contribution in [2.45, 2.75) is 18.1 Å². The number of anilines is 1. The highest BCUT2D eigenvalue weighted by atomic mass is 32.2. The highest BCUT2D eigenvalue weighted by Crippen LogP contribution is 2.26. The first-order chi connectivity index (χ1) is 15.9. The fourth-order valence-corrected chi connectivity index (χ4v) is 3.61. The highest BCUT2D eigenvalue weighted by Gasteiger charge is 2.31. The van der Waals surface area contributed by atoms with Gasteiger partial charge in [-0.2, -0.15) is 0 Å². The van der Waals surface area contributed by atoms with Crippen molar-refractivity contribution in [3.8, 4) is 17.1 Å². The van der Waals surface area contributed by atoms with Crippen molar-refractivity contribution in [2.24, 2.45) is 0 Å². The summed E-state index contributed by atoms with van der Waals surface area (Å²) in [5.41, 5.74) is 1.09. The molecule has 12 heteroatoms. The van der Waals surface area contributed by atoms with Gasteiger partial charge in [-0.15, -0.1) is 23.4 Å². The molecule has 4 aromatic rings. The van der Waals surface area contributed by atoms with E-state index in [1.807, 2.05) is 16.7 Å². The molecule has 4 rings (SSSR count). The maximum atomic E-state index is 12.4. The summed E-state index contributed by atoms with van der Waals surface area (Å²) >= 11 is 1.16. The molecule has 33 heavy (non-hydrogen) atoms. The molecule has 0 atom stereocenters. The third kappa shape index (κ3) is 6.13. The summed E-state index contributed by atoms with van der Waals surface area (Å²) in [5, 5.41) is 11.6. The van der Waals surface area contributed by atoms with Crippen LogP contribution in [-0.4, -0.2) is 37.8 Å². The number of ether oxygens (including phenoxy) is 1. The largest absolute Gasteiger partial charge is 0.573 e. The minimum atomic E-state index is -4.78. The zero-order valence-electron chi connectivity index (χ0n) is 16.8. The average molecular weight is 475 g/mol. The number of hydrogen-bond acceptors (Lipinski definition) is 7. The maximum Gasteiger partial charge on any atom is 0.573 e. The number of thioether (sulfide) groups is 1. The second-order valence-electron chi connectivity index (χ2n) is 6.62. The van der Waals surface area contributed by atoms with Crippen LogP contribution in [0.15, 0.2) is 76.8 Å². The molecule has 1 aromatic carbocycles. The number of pyridine rings is 1. The summed E-state index contributed by atoms with van der Waals surface area (Å²) in [6, 6.07) is 12.1. The smallest absolute Gasteiger partial charge is 0.467 e. The van der Waals surface area contributed by atoms with E-state index in [2.05, 4.69) is 25.2 Å². The second-order valence-corrected chi connectivity index (χ2v) is 7.56. The summed E-state index contributed by atoms with van der Waals surface area (Å²) in [5.74, 6) is 0.531. The normalized spacial score (nSPS) is 11.4. The molecule has 0 aliphatic carbocycles. The molecule has 0 unspecified atom stereocenters. The molecule has 0 radical (unpaired) electrons. The first kappa shape index (κ1) is 22.4. The lowest BCUT2D eigenvalue weighted by atomic mass is 10.2. The van der Waals surface area contributed by atoms with Crippen LogP contribution in [-0.2, 0) is 11.3 Å². The zero-order valence-corrected chi connectivity index (χ0v) is 17.6. The number of nitrogens with zero attached hydrogens (tertiary/aromatic N) is 4. The second kappa shape index (κ2) is 9.77. The number of carbonyl (C=O) groups is 1. The van der Waals surface area contributed by atoms with Crippen molar-refractivity contribution in [2.75, 3.05) is 11.1 Å². The molecule has 0 bridgehead atoms. The summed E-state index contributed by atoms with van der Waals surface area (Å²) in [6.07, 6.45) is 0.102. The Morgan fingerprint density at radius 1 is 1.12 bits per heavy atom. The molecular weight excluding hydrogens is 459 g/mol. The van der Waals surface area contributed by atoms with Crippen LogP contribution in [0.2, 0.25) is 0 Å². The lowest BCUT2D eigenvalue weighted by molar-refractivity contribution is -0.274. The number of hydrogen-bond donors (Lipinski definition) is 1. The van der Waals surface area contributed by atoms with Crippen LogP contribution in [0.25, 0.3) is 11.4 Å². The Morgan fingerprint density at radius 2 is 1.94 bits per heavy atom. The van der Waals surface area contributed by atoms with Crippen LogP contribution in [0.4, 0.5) is 18.9 Å². The van der Waals surface area contributed by atoms with Crippen LogP contribution in [0, 0.1) is 0 Å². The molecular formula is C21H16F3N5O3S. The molecule has 0 saturated carbocycles. The number of halogens is 3. The number of benzene rings is 1. The van der Waals surface area contributed by atoms with E-state index in [1.54, 1.807) is 30.8 Å². The number of nitrogens with one attached hydrogen (secondary N) is 1. The van der Waals surface area contributed by atoms with E-state index in [9.17, 15) is 18.0 Å². The molecule has 3 aromatic heterocycles. The van der Waals surface area contributed by atoms with Crippen molar-refractivity contribution in [1.29, 1.82) is 0 Å². The standard InChI is InChI=1S/C21H16F3N5O3S/c22-21(23,24)32-16-7-5-15(6-8-16)26-18(30)13-33-20-28-27-19(14-3-1-9-25-11-14)29(20)12-17-4-2-10-31-17/h1-11H,12-13H2,(H,26,30). The first-order valence-electron chi connectivity index (χ1n) is 9.52. The van der Waals surface area contributed by atoms with Crippen molar-refractivity contribution in [3.63, 3.8) is 0 Å². The highest BCUT2D eigenvalue weighted by molar-refractivity contribution is 7.99. The van der Waals surface area contributed by atoms with Crippen LogP contribution in [0.5, 0.6) is 5.75 Å². The van der Waals surface area contributed by atoms with Gasteiger partial charge in [0.05, 0.1) is 18.6 Å². The van der Waals surface area contributed by atoms with E-state index >= 15 is 0 Å². The third-order valence-corrected chi connectivity index (χ3v) is 5.20. The number of furan rings is 1. The van der Waals surface area contributed by atoms with Gasteiger partial charge in [-0.25, -0.2) is 0 Å². The van der Waals surface area contributed by atoms with Gasteiger partial charge in [0.25, 0.3) is 0 Å². The fraction of sp³-hybridized carbons (Fsp3) is 0.143. The number of alkyl halides is 3. The monoisotopic (exact) mass is 475 g/mol. The molecule has 0 saturated heterocycles. The van der Waals surface area contributed by atoms with E-state index < -0.39 is 6.36 Å². The minimum Gasteiger partial charge on any atom is -0.467 e. The first-order valence-corrected chi connectivity index (χ1v) is 10.5. The number of rotatable bonds is 8. The summed E-state index contributed by atoms with van der Waals surface area (Å²) in [7, 11) is 0. The van der Waals surface area contributed by atoms with Crippen LogP contribution in [0.3, 0.4) is 0 Å². The molecule has 3 heterocycles. The molecule has 0 aliphatic heterocycles. The van der Waals surface area contributed by atoms with Crippen molar-refractivity contribution >= 4 is 23.4 Å². The quantitative estimate of drug-likeness (QED) is 0.372. The van der Waals surface area contributed by atoms with Gasteiger partial charge in [-0.3, -0.25) is 14.3 Å². The topological polar surface area (TPSA) is 95.1 Å². The molecule has 1 amide bonds. The molecule has 170 valence electrons. The van der Waals surface area contributed by atoms with E-state index in [-0.39, 0.29) is 17.4 Å². The van der Waals surface area contributed by atoms with E-state index in [0.717, 1.165) is 29.5 Å². The third-order valence-electron chi connectivity index (χ3n) is 4.23. The fourth-order valence-electron chi connectivity index (χ4n) is 2.87. The Balaban J connectivity index is 1.43. The van der Waals surface area contributed by atoms with Crippen LogP contribution >= 0.6 is 11.8 Å². The van der Waals surface area contributed by atoms with Crippen molar-refractivity contribution < 1.29 is 27.1 Å². The average Bonchev–Trinajstić information content (AvgIpc) is 3.44. The van der Waals surface area contributed by atoms with Gasteiger partial charge in [0.2, 0.25) is 5.91 Å². The predicted molar refractivity (Wildman–Crippen MR) is 114 cm³/mol. The zero-order chi connectivity index (χ0) is 23.3. The van der Waals surface area contributed by atoms with Crippen LogP contribution < -0.4 is 10.1 Å². The van der Waals surface area contributed by atoms with Gasteiger partial charge in [-0.05, 0) is 48.5 Å². The summed E-state index contributed by atoms with van der Waals surface area (Å²) in [6.45, 7) is 0.356. The SMILES string of the molecule is O=C(CSc1nnc(-c2cccnc2)n1Cc1ccco1)Nc1ccc(OC(F)(F)F)cc1. The number of carbonyl (C=O) groups excluding carboxylic acids is 1. The lowest BCUT2D eigenvalue weighted by Crippen LogP contribution is -2.17. The summed E-state index contributed by atoms with van der Waals surface area (Å²) < 4.78 is 47.8. The maximum absolute atomic E-state index is 12.4. The summed E-state index contributed by atoms with van der Waals surface area (Å²) in [4.78, 5) is 16.5. The minimum absolute atomic E-state index is 0.00410. The van der Waals surface area contributed by atoms with Gasteiger partial charge in [0, 0.05) is 23.6 Å². The molecule has 8 nitrogen and oxygen atoms in total.